The number of nitrogens with one attached hydrogen (secondary N) is 1. The third-order valence-corrected chi connectivity index (χ3v) is 7.81. The Bertz CT molecular complexity index is 912. The summed E-state index contributed by atoms with van der Waals surface area (Å²) in [6.07, 6.45) is 3.00. The van der Waals surface area contributed by atoms with Gasteiger partial charge >= 0.3 is 10.2 Å². The van der Waals surface area contributed by atoms with Crippen LogP contribution in [0.1, 0.15) is 42.3 Å². The van der Waals surface area contributed by atoms with Crippen LogP contribution in [0.4, 0.5) is 25.1 Å². The molecule has 1 heterocycles. The summed E-state index contributed by atoms with van der Waals surface area (Å²) in [5.74, 6) is 0.757. The molecule has 5 rings (SSSR count). The molecule has 1 N–H and O–H groups in total. The number of benzene rings is 2. The van der Waals surface area contributed by atoms with Crippen molar-refractivity contribution in [3.63, 3.8) is 0 Å². The maximum absolute atomic E-state index is 13.4. The molecule has 2 aromatic carbocycles. The standard InChI is InChI=1S/C20H20F5NS/c21-27(22,23,24,25)15-8-9-17-16(11-15)18-13-6-7-14(10-13)19(18)20(26-17)12-4-2-1-3-5-12/h1-5,8-9,11,13-14,18-20,26H,6-7,10H2/t13-,14+,18-,19-,20+/m1/s1. The lowest BCUT2D eigenvalue weighted by molar-refractivity contribution is 0.247. The first kappa shape index (κ1) is 17.3. The second kappa shape index (κ2) is 4.80. The molecule has 3 aliphatic rings. The van der Waals surface area contributed by atoms with Crippen LogP contribution in [0.5, 0.6) is 0 Å². The highest BCUT2D eigenvalue weighted by Gasteiger charge is 2.66. The Morgan fingerprint density at radius 2 is 1.56 bits per heavy atom. The second-order valence-corrected chi connectivity index (χ2v) is 10.6. The van der Waals surface area contributed by atoms with E-state index in [0.29, 0.717) is 23.2 Å². The predicted molar refractivity (Wildman–Crippen MR) is 97.7 cm³/mol. The summed E-state index contributed by atoms with van der Waals surface area (Å²) >= 11 is 0. The van der Waals surface area contributed by atoms with E-state index < -0.39 is 15.1 Å². The molecule has 2 aromatic rings. The molecule has 2 bridgehead atoms. The van der Waals surface area contributed by atoms with Crippen molar-refractivity contribution in [3.05, 3.63) is 59.7 Å². The molecule has 0 spiro atoms. The van der Waals surface area contributed by atoms with Gasteiger partial charge in [-0.25, -0.2) is 0 Å². The number of halogens is 5. The quantitative estimate of drug-likeness (QED) is 0.510. The van der Waals surface area contributed by atoms with Gasteiger partial charge < -0.3 is 5.32 Å². The maximum Gasteiger partial charge on any atom is 0.310 e. The van der Waals surface area contributed by atoms with Crippen LogP contribution in [0.25, 0.3) is 0 Å². The summed E-state index contributed by atoms with van der Waals surface area (Å²) in [6.45, 7) is 0. The Morgan fingerprint density at radius 3 is 2.26 bits per heavy atom. The molecule has 1 aliphatic heterocycles. The Hall–Kier alpha value is -1.76. The van der Waals surface area contributed by atoms with Crippen molar-refractivity contribution in [2.24, 2.45) is 17.8 Å². The molecular formula is C20H20F5NS. The first-order chi connectivity index (χ1) is 12.5. The van der Waals surface area contributed by atoms with E-state index in [-0.39, 0.29) is 23.8 Å². The largest absolute Gasteiger partial charge is 0.378 e. The molecule has 1 nitrogen and oxygen atoms in total. The third kappa shape index (κ3) is 2.73. The summed E-state index contributed by atoms with van der Waals surface area (Å²) in [7, 11) is -9.68. The molecule has 146 valence electrons. The number of hydrogen-bond donors (Lipinski definition) is 1. The molecule has 2 saturated carbocycles. The van der Waals surface area contributed by atoms with Crippen molar-refractivity contribution in [1.82, 2.24) is 0 Å². The molecule has 0 saturated heterocycles. The van der Waals surface area contributed by atoms with E-state index in [9.17, 15) is 19.4 Å². The lowest BCUT2D eigenvalue weighted by atomic mass is 9.68. The minimum Gasteiger partial charge on any atom is -0.378 e. The van der Waals surface area contributed by atoms with Crippen molar-refractivity contribution in [1.29, 1.82) is 0 Å². The van der Waals surface area contributed by atoms with Crippen LogP contribution >= 0.6 is 10.2 Å². The van der Waals surface area contributed by atoms with E-state index in [1.807, 2.05) is 30.3 Å². The van der Waals surface area contributed by atoms with Gasteiger partial charge in [-0.1, -0.05) is 49.8 Å². The van der Waals surface area contributed by atoms with Gasteiger partial charge in [0.15, 0.2) is 0 Å². The van der Waals surface area contributed by atoms with Crippen molar-refractivity contribution in [3.8, 4) is 0 Å². The number of anilines is 1. The van der Waals surface area contributed by atoms with Gasteiger partial charge in [0.25, 0.3) is 0 Å². The highest BCUT2D eigenvalue weighted by atomic mass is 32.5. The van der Waals surface area contributed by atoms with Gasteiger partial charge in [0.2, 0.25) is 0 Å². The molecule has 7 heteroatoms. The summed E-state index contributed by atoms with van der Waals surface area (Å²) < 4.78 is 66.9. The van der Waals surface area contributed by atoms with Crippen LogP contribution in [0.15, 0.2) is 53.4 Å². The molecule has 0 aromatic heterocycles. The Labute approximate surface area is 154 Å². The molecule has 2 fully saturated rings. The zero-order chi connectivity index (χ0) is 19.1. The molecule has 0 amide bonds. The van der Waals surface area contributed by atoms with Gasteiger partial charge in [-0.05, 0) is 72.3 Å². The Kier molecular flexibility index (Phi) is 3.08. The molecule has 0 radical (unpaired) electrons. The average molecular weight is 401 g/mol. The minimum atomic E-state index is -9.68. The summed E-state index contributed by atoms with van der Waals surface area (Å²) in [4.78, 5) is -1.77. The van der Waals surface area contributed by atoms with Crippen LogP contribution in [0, 0.1) is 17.8 Å². The van der Waals surface area contributed by atoms with Crippen molar-refractivity contribution < 1.29 is 19.4 Å². The second-order valence-electron chi connectivity index (χ2n) is 8.19. The van der Waals surface area contributed by atoms with Crippen LogP contribution in [0.3, 0.4) is 0 Å². The van der Waals surface area contributed by atoms with Gasteiger partial charge in [-0.15, -0.1) is 0 Å². The highest BCUT2D eigenvalue weighted by molar-refractivity contribution is 8.45. The predicted octanol–water partition coefficient (Wildman–Crippen LogP) is 7.64. The van der Waals surface area contributed by atoms with Crippen molar-refractivity contribution >= 4 is 15.9 Å². The Balaban J connectivity index is 1.65. The molecule has 2 aliphatic carbocycles. The average Bonchev–Trinajstić information content (AvgIpc) is 3.21. The third-order valence-electron chi connectivity index (χ3n) is 6.66. The lowest BCUT2D eigenvalue weighted by Crippen LogP contribution is -2.35. The summed E-state index contributed by atoms with van der Waals surface area (Å²) in [5, 5.41) is 3.37. The van der Waals surface area contributed by atoms with E-state index in [4.69, 9.17) is 0 Å². The zero-order valence-electron chi connectivity index (χ0n) is 14.4. The van der Waals surface area contributed by atoms with Gasteiger partial charge in [0, 0.05) is 5.69 Å². The fourth-order valence-corrected chi connectivity index (χ4v) is 6.37. The van der Waals surface area contributed by atoms with E-state index in [0.717, 1.165) is 30.9 Å². The van der Waals surface area contributed by atoms with Gasteiger partial charge in [-0.3, -0.25) is 0 Å². The Morgan fingerprint density at radius 1 is 0.852 bits per heavy atom. The topological polar surface area (TPSA) is 12.0 Å². The van der Waals surface area contributed by atoms with Crippen LogP contribution in [-0.2, 0) is 0 Å². The maximum atomic E-state index is 13.4. The molecular weight excluding hydrogens is 381 g/mol. The van der Waals surface area contributed by atoms with Crippen LogP contribution in [0.2, 0.25) is 0 Å². The van der Waals surface area contributed by atoms with Gasteiger partial charge in [-0.2, -0.15) is 0 Å². The fraction of sp³-hybridized carbons (Fsp3) is 0.400. The summed E-state index contributed by atoms with van der Waals surface area (Å²) in [6, 6.07) is 12.3. The number of hydrogen-bond acceptors (Lipinski definition) is 1. The van der Waals surface area contributed by atoms with Crippen LogP contribution in [-0.4, -0.2) is 0 Å². The molecule has 27 heavy (non-hydrogen) atoms. The highest BCUT2D eigenvalue weighted by Crippen LogP contribution is 3.02. The SMILES string of the molecule is FS(F)(F)(F)(F)c1ccc2c(c1)[C@H]1[C@@H]3CC[C@@H](C3)[C@H]1[C@H](c1ccccc1)N2. The first-order valence-corrected chi connectivity index (χ1v) is 11.2. The fourth-order valence-electron chi connectivity index (χ4n) is 5.69. The zero-order valence-corrected chi connectivity index (χ0v) is 15.2. The molecule has 5 atom stereocenters. The van der Waals surface area contributed by atoms with Crippen molar-refractivity contribution in [2.45, 2.75) is 36.1 Å². The van der Waals surface area contributed by atoms with E-state index in [1.54, 1.807) is 0 Å². The van der Waals surface area contributed by atoms with E-state index >= 15 is 0 Å². The van der Waals surface area contributed by atoms with Gasteiger partial charge in [0.1, 0.15) is 4.90 Å². The van der Waals surface area contributed by atoms with Crippen LogP contribution < -0.4 is 5.32 Å². The summed E-state index contributed by atoms with van der Waals surface area (Å²) in [5.41, 5.74) is 2.08. The lowest BCUT2D eigenvalue weighted by Gasteiger charge is -2.45. The first-order valence-electron chi connectivity index (χ1n) is 9.21. The smallest absolute Gasteiger partial charge is 0.310 e. The minimum absolute atomic E-state index is 0.00446. The monoisotopic (exact) mass is 401 g/mol. The normalized spacial score (nSPS) is 34.2. The molecule has 0 unspecified atom stereocenters. The van der Waals surface area contributed by atoms with Gasteiger partial charge in [0.05, 0.1) is 6.04 Å². The number of rotatable bonds is 2. The van der Waals surface area contributed by atoms with Crippen molar-refractivity contribution in [2.75, 3.05) is 5.32 Å². The van der Waals surface area contributed by atoms with E-state index in [1.165, 1.54) is 6.07 Å². The van der Waals surface area contributed by atoms with E-state index in [2.05, 4.69) is 5.32 Å². The number of fused-ring (bicyclic) bond motifs is 7.